The van der Waals surface area contributed by atoms with E-state index in [-0.39, 0.29) is 0 Å². The summed E-state index contributed by atoms with van der Waals surface area (Å²) in [6, 6.07) is 8.20. The van der Waals surface area contributed by atoms with E-state index in [1.807, 2.05) is 12.1 Å². The second-order valence-corrected chi connectivity index (χ2v) is 7.48. The predicted octanol–water partition coefficient (Wildman–Crippen LogP) is 3.92. The molecule has 0 spiro atoms. The molecule has 1 aliphatic heterocycles. The van der Waals surface area contributed by atoms with Gasteiger partial charge in [-0.1, -0.05) is 45.9 Å². The molecule has 0 saturated carbocycles. The number of β-amino-alcohol motifs (C(OH)–C–C–N with tert-alkyl or cyclic N) is 1. The normalized spacial score (nSPS) is 25.1. The van der Waals surface area contributed by atoms with Crippen LogP contribution in [0.1, 0.15) is 52.0 Å². The van der Waals surface area contributed by atoms with E-state index in [2.05, 4.69) is 44.7 Å². The Morgan fingerprint density at radius 2 is 1.87 bits per heavy atom. The lowest BCUT2D eigenvalue weighted by molar-refractivity contribution is 0.0426. The highest BCUT2D eigenvalue weighted by molar-refractivity contribution is 5.35. The van der Waals surface area contributed by atoms with Crippen molar-refractivity contribution in [1.29, 1.82) is 0 Å². The fraction of sp³-hybridized carbons (Fsp3) is 0.700. The van der Waals surface area contributed by atoms with Crippen molar-refractivity contribution in [3.63, 3.8) is 0 Å². The van der Waals surface area contributed by atoms with Crippen molar-refractivity contribution in [2.75, 3.05) is 26.2 Å². The van der Waals surface area contributed by atoms with Crippen LogP contribution in [-0.2, 0) is 0 Å². The molecule has 1 fully saturated rings. The van der Waals surface area contributed by atoms with E-state index in [9.17, 15) is 5.11 Å². The number of para-hydroxylation sites is 1. The molecule has 1 N–H and O–H groups in total. The van der Waals surface area contributed by atoms with E-state index in [4.69, 9.17) is 4.74 Å². The quantitative estimate of drug-likeness (QED) is 0.827. The van der Waals surface area contributed by atoms with Gasteiger partial charge in [0.25, 0.3) is 0 Å². The number of nitrogens with zero attached hydrogens (tertiary/aromatic N) is 1. The van der Waals surface area contributed by atoms with Crippen molar-refractivity contribution >= 4 is 0 Å². The van der Waals surface area contributed by atoms with Crippen LogP contribution in [0.25, 0.3) is 0 Å². The molecule has 3 nitrogen and oxygen atoms in total. The fourth-order valence-corrected chi connectivity index (χ4v) is 3.72. The molecule has 4 atom stereocenters. The molecule has 1 aromatic carbocycles. The number of piperidine rings is 1. The lowest BCUT2D eigenvalue weighted by atomic mass is 9.92. The summed E-state index contributed by atoms with van der Waals surface area (Å²) in [4.78, 5) is 2.38. The Labute approximate surface area is 141 Å². The molecule has 0 aliphatic carbocycles. The van der Waals surface area contributed by atoms with Gasteiger partial charge in [0.15, 0.2) is 0 Å². The molecular weight excluding hydrogens is 286 g/mol. The van der Waals surface area contributed by atoms with Gasteiger partial charge in [-0.05, 0) is 42.2 Å². The highest BCUT2D eigenvalue weighted by Crippen LogP contribution is 2.28. The molecule has 1 heterocycles. The van der Waals surface area contributed by atoms with E-state index in [1.165, 1.54) is 12.0 Å². The second kappa shape index (κ2) is 8.70. The number of benzene rings is 1. The third kappa shape index (κ3) is 5.50. The molecule has 0 aromatic heterocycles. The van der Waals surface area contributed by atoms with Gasteiger partial charge in [-0.25, -0.2) is 0 Å². The summed E-state index contributed by atoms with van der Waals surface area (Å²) in [6.45, 7) is 12.3. The minimum Gasteiger partial charge on any atom is -0.491 e. The van der Waals surface area contributed by atoms with Gasteiger partial charge in [0.2, 0.25) is 0 Å². The van der Waals surface area contributed by atoms with E-state index in [0.29, 0.717) is 19.1 Å². The lowest BCUT2D eigenvalue weighted by Gasteiger charge is -2.36. The third-order valence-electron chi connectivity index (χ3n) is 4.91. The van der Waals surface area contributed by atoms with E-state index < -0.39 is 6.10 Å². The standard InChI is InChI=1S/C20H33NO2/c1-5-17(4)19-8-6-7-9-20(19)23-14-18(22)13-21-11-15(2)10-16(3)12-21/h6-9,15-18,22H,5,10-14H2,1-4H3/t15-,16+,17-,18-/m0/s1. The summed E-state index contributed by atoms with van der Waals surface area (Å²) in [5, 5.41) is 10.4. The van der Waals surface area contributed by atoms with Gasteiger partial charge >= 0.3 is 0 Å². The lowest BCUT2D eigenvalue weighted by Crippen LogP contribution is -2.44. The van der Waals surface area contributed by atoms with Gasteiger partial charge in [-0.3, -0.25) is 0 Å². The van der Waals surface area contributed by atoms with Crippen LogP contribution in [0.2, 0.25) is 0 Å². The second-order valence-electron chi connectivity index (χ2n) is 7.48. The first-order valence-electron chi connectivity index (χ1n) is 9.11. The Hall–Kier alpha value is -1.06. The van der Waals surface area contributed by atoms with Crippen molar-refractivity contribution in [2.24, 2.45) is 11.8 Å². The van der Waals surface area contributed by atoms with Crippen LogP contribution >= 0.6 is 0 Å². The summed E-state index contributed by atoms with van der Waals surface area (Å²) >= 11 is 0. The number of hydrogen-bond donors (Lipinski definition) is 1. The smallest absolute Gasteiger partial charge is 0.122 e. The predicted molar refractivity (Wildman–Crippen MR) is 96.0 cm³/mol. The van der Waals surface area contributed by atoms with E-state index in [1.54, 1.807) is 0 Å². The minimum atomic E-state index is -0.433. The number of aliphatic hydroxyl groups is 1. The molecule has 2 rings (SSSR count). The highest BCUT2D eigenvalue weighted by Gasteiger charge is 2.23. The zero-order valence-electron chi connectivity index (χ0n) is 15.2. The van der Waals surface area contributed by atoms with Crippen molar-refractivity contribution < 1.29 is 9.84 Å². The van der Waals surface area contributed by atoms with Crippen molar-refractivity contribution in [1.82, 2.24) is 4.90 Å². The Morgan fingerprint density at radius 1 is 1.22 bits per heavy atom. The first kappa shape index (κ1) is 18.3. The first-order valence-corrected chi connectivity index (χ1v) is 9.11. The largest absolute Gasteiger partial charge is 0.491 e. The topological polar surface area (TPSA) is 32.7 Å². The Kier molecular flexibility index (Phi) is 6.91. The Bertz CT molecular complexity index is 466. The summed E-state index contributed by atoms with van der Waals surface area (Å²) in [5.74, 6) is 2.84. The number of likely N-dealkylation sites (tertiary alicyclic amines) is 1. The summed E-state index contributed by atoms with van der Waals surface area (Å²) in [5.41, 5.74) is 1.24. The number of aliphatic hydroxyl groups excluding tert-OH is 1. The van der Waals surface area contributed by atoms with Gasteiger partial charge in [-0.15, -0.1) is 0 Å². The maximum Gasteiger partial charge on any atom is 0.122 e. The van der Waals surface area contributed by atoms with Crippen LogP contribution in [-0.4, -0.2) is 42.4 Å². The zero-order valence-corrected chi connectivity index (χ0v) is 15.2. The molecule has 1 saturated heterocycles. The third-order valence-corrected chi connectivity index (χ3v) is 4.91. The molecule has 0 unspecified atom stereocenters. The van der Waals surface area contributed by atoms with Crippen LogP contribution in [0.4, 0.5) is 0 Å². The molecule has 3 heteroatoms. The van der Waals surface area contributed by atoms with Crippen LogP contribution < -0.4 is 4.74 Å². The molecule has 1 aromatic rings. The zero-order chi connectivity index (χ0) is 16.8. The molecule has 0 amide bonds. The first-order chi connectivity index (χ1) is 11.0. The molecule has 0 radical (unpaired) electrons. The van der Waals surface area contributed by atoms with Crippen molar-refractivity contribution in [3.8, 4) is 5.75 Å². The Balaban J connectivity index is 1.86. The number of ether oxygens (including phenoxy) is 1. The van der Waals surface area contributed by atoms with Gasteiger partial charge in [-0.2, -0.15) is 0 Å². The van der Waals surface area contributed by atoms with Crippen LogP contribution in [0.5, 0.6) is 5.75 Å². The fourth-order valence-electron chi connectivity index (χ4n) is 3.72. The van der Waals surface area contributed by atoms with Gasteiger partial charge in [0, 0.05) is 19.6 Å². The van der Waals surface area contributed by atoms with Crippen molar-refractivity contribution in [2.45, 2.75) is 52.6 Å². The van der Waals surface area contributed by atoms with Crippen molar-refractivity contribution in [3.05, 3.63) is 29.8 Å². The van der Waals surface area contributed by atoms with Crippen LogP contribution in [0.3, 0.4) is 0 Å². The average molecular weight is 319 g/mol. The molecule has 23 heavy (non-hydrogen) atoms. The highest BCUT2D eigenvalue weighted by atomic mass is 16.5. The summed E-state index contributed by atoms with van der Waals surface area (Å²) < 4.78 is 5.94. The number of hydrogen-bond acceptors (Lipinski definition) is 3. The molecule has 130 valence electrons. The van der Waals surface area contributed by atoms with E-state index >= 15 is 0 Å². The maximum absolute atomic E-state index is 10.4. The summed E-state index contributed by atoms with van der Waals surface area (Å²) in [7, 11) is 0. The SMILES string of the molecule is CC[C@H](C)c1ccccc1OC[C@@H](O)CN1C[C@H](C)C[C@H](C)C1. The van der Waals surface area contributed by atoms with Gasteiger partial charge in [0.1, 0.15) is 18.5 Å². The number of rotatable bonds is 7. The van der Waals surface area contributed by atoms with E-state index in [0.717, 1.165) is 37.1 Å². The average Bonchev–Trinajstić information content (AvgIpc) is 2.51. The maximum atomic E-state index is 10.4. The summed E-state index contributed by atoms with van der Waals surface area (Å²) in [6.07, 6.45) is 1.95. The van der Waals surface area contributed by atoms with Gasteiger partial charge < -0.3 is 14.7 Å². The minimum absolute atomic E-state index is 0.368. The monoisotopic (exact) mass is 319 g/mol. The molecule has 0 bridgehead atoms. The van der Waals surface area contributed by atoms with Gasteiger partial charge in [0.05, 0.1) is 0 Å². The van der Waals surface area contributed by atoms with Crippen LogP contribution in [0.15, 0.2) is 24.3 Å². The Morgan fingerprint density at radius 3 is 2.52 bits per heavy atom. The molecular formula is C20H33NO2. The molecule has 1 aliphatic rings. The van der Waals surface area contributed by atoms with Crippen LogP contribution in [0, 0.1) is 11.8 Å².